The Kier molecular flexibility index (Phi) is 8.58. The van der Waals surface area contributed by atoms with Gasteiger partial charge < -0.3 is 15.5 Å². The van der Waals surface area contributed by atoms with Gasteiger partial charge in [-0.15, -0.1) is 11.3 Å². The van der Waals surface area contributed by atoms with Crippen molar-refractivity contribution in [1.29, 1.82) is 0 Å². The molecule has 1 aromatic heterocycles. The molecule has 5 nitrogen and oxygen atoms in total. The first-order chi connectivity index (χ1) is 13.0. The third kappa shape index (κ3) is 7.21. The Morgan fingerprint density at radius 2 is 1.93 bits per heavy atom. The predicted octanol–water partition coefficient (Wildman–Crippen LogP) is 4.02. The Hall–Kier alpha value is -2.08. The second kappa shape index (κ2) is 10.9. The minimum Gasteiger partial charge on any atom is -0.378 e. The Morgan fingerprint density at radius 3 is 2.52 bits per heavy atom. The van der Waals surface area contributed by atoms with Gasteiger partial charge in [-0.25, -0.2) is 9.98 Å². The average molecular weight is 388 g/mol. The molecule has 1 heterocycles. The molecule has 0 bridgehead atoms. The van der Waals surface area contributed by atoms with Crippen molar-refractivity contribution >= 4 is 23.0 Å². The lowest BCUT2D eigenvalue weighted by molar-refractivity contribution is 0.743. The number of anilines is 1. The van der Waals surface area contributed by atoms with Gasteiger partial charge in [0.15, 0.2) is 5.96 Å². The SMILES string of the molecule is CCNC(=NCc1nc(C(C)C)cs1)NCCCc1ccc(N(C)C)cc1. The van der Waals surface area contributed by atoms with Gasteiger partial charge in [-0.1, -0.05) is 26.0 Å². The van der Waals surface area contributed by atoms with Crippen molar-refractivity contribution < 1.29 is 0 Å². The molecule has 1 aromatic carbocycles. The molecule has 0 saturated carbocycles. The number of guanidine groups is 1. The quantitative estimate of drug-likeness (QED) is 0.388. The Morgan fingerprint density at radius 1 is 1.19 bits per heavy atom. The summed E-state index contributed by atoms with van der Waals surface area (Å²) in [6.07, 6.45) is 2.13. The first kappa shape index (κ1) is 21.2. The van der Waals surface area contributed by atoms with Crippen LogP contribution in [0.2, 0.25) is 0 Å². The molecule has 0 radical (unpaired) electrons. The molecule has 0 fully saturated rings. The Labute approximate surface area is 167 Å². The summed E-state index contributed by atoms with van der Waals surface area (Å²) < 4.78 is 0. The van der Waals surface area contributed by atoms with E-state index in [1.54, 1.807) is 11.3 Å². The van der Waals surface area contributed by atoms with Crippen molar-refractivity contribution in [2.24, 2.45) is 4.99 Å². The zero-order valence-corrected chi connectivity index (χ0v) is 18.1. The lowest BCUT2D eigenvalue weighted by Gasteiger charge is -2.13. The molecule has 0 aliphatic rings. The zero-order valence-electron chi connectivity index (χ0n) is 17.2. The van der Waals surface area contributed by atoms with Crippen molar-refractivity contribution in [3.63, 3.8) is 0 Å². The van der Waals surface area contributed by atoms with Gasteiger partial charge in [-0.2, -0.15) is 0 Å². The van der Waals surface area contributed by atoms with E-state index in [1.807, 2.05) is 0 Å². The third-order valence-corrected chi connectivity index (χ3v) is 5.12. The average Bonchev–Trinajstić information content (AvgIpc) is 3.13. The molecule has 0 saturated heterocycles. The highest BCUT2D eigenvalue weighted by Gasteiger charge is 2.05. The van der Waals surface area contributed by atoms with Crippen LogP contribution in [0.15, 0.2) is 34.6 Å². The first-order valence-corrected chi connectivity index (χ1v) is 10.6. The summed E-state index contributed by atoms with van der Waals surface area (Å²) in [4.78, 5) is 11.4. The molecular weight excluding hydrogens is 354 g/mol. The van der Waals surface area contributed by atoms with Crippen LogP contribution in [-0.2, 0) is 13.0 Å². The van der Waals surface area contributed by atoms with E-state index >= 15 is 0 Å². The van der Waals surface area contributed by atoms with Gasteiger partial charge in [-0.05, 0) is 43.4 Å². The molecule has 0 amide bonds. The van der Waals surface area contributed by atoms with Crippen molar-refractivity contribution in [2.75, 3.05) is 32.1 Å². The number of aryl methyl sites for hydroxylation is 1. The number of rotatable bonds is 9. The molecule has 0 atom stereocenters. The highest BCUT2D eigenvalue weighted by atomic mass is 32.1. The molecule has 2 N–H and O–H groups in total. The van der Waals surface area contributed by atoms with Gasteiger partial charge in [0, 0.05) is 38.3 Å². The standard InChI is InChI=1S/C21H33N5S/c1-6-22-21(24-14-20-25-19(15-27-20)16(2)3)23-13-7-8-17-9-11-18(12-10-17)26(4)5/h9-12,15-16H,6-8,13-14H2,1-5H3,(H2,22,23,24). The molecule has 0 unspecified atom stereocenters. The first-order valence-electron chi connectivity index (χ1n) is 9.72. The number of benzene rings is 1. The van der Waals surface area contributed by atoms with Crippen LogP contribution in [0.3, 0.4) is 0 Å². The molecule has 6 heteroatoms. The van der Waals surface area contributed by atoms with E-state index < -0.39 is 0 Å². The lowest BCUT2D eigenvalue weighted by Crippen LogP contribution is -2.37. The topological polar surface area (TPSA) is 52.6 Å². The number of aromatic nitrogens is 1. The van der Waals surface area contributed by atoms with Crippen LogP contribution < -0.4 is 15.5 Å². The van der Waals surface area contributed by atoms with Crippen molar-refractivity contribution in [3.8, 4) is 0 Å². The van der Waals surface area contributed by atoms with Crippen LogP contribution in [0.4, 0.5) is 5.69 Å². The molecule has 27 heavy (non-hydrogen) atoms. The molecule has 2 aromatic rings. The Bertz CT molecular complexity index is 704. The highest BCUT2D eigenvalue weighted by Crippen LogP contribution is 2.18. The van der Waals surface area contributed by atoms with Crippen molar-refractivity contribution in [2.45, 2.75) is 46.1 Å². The second-order valence-electron chi connectivity index (χ2n) is 7.11. The second-order valence-corrected chi connectivity index (χ2v) is 8.05. The lowest BCUT2D eigenvalue weighted by atomic mass is 10.1. The van der Waals surface area contributed by atoms with Crippen LogP contribution >= 0.6 is 11.3 Å². The molecule has 2 rings (SSSR count). The van der Waals surface area contributed by atoms with E-state index in [0.717, 1.165) is 42.6 Å². The van der Waals surface area contributed by atoms with E-state index in [1.165, 1.54) is 11.3 Å². The maximum Gasteiger partial charge on any atom is 0.191 e. The van der Waals surface area contributed by atoms with Crippen LogP contribution in [0.25, 0.3) is 0 Å². The maximum absolute atomic E-state index is 4.67. The van der Waals surface area contributed by atoms with Crippen LogP contribution in [0.1, 0.15) is 49.4 Å². The zero-order chi connectivity index (χ0) is 19.6. The van der Waals surface area contributed by atoms with Gasteiger partial charge >= 0.3 is 0 Å². The molecular formula is C21H33N5S. The highest BCUT2D eigenvalue weighted by molar-refractivity contribution is 7.09. The van der Waals surface area contributed by atoms with E-state index in [2.05, 4.69) is 90.0 Å². The third-order valence-electron chi connectivity index (χ3n) is 4.27. The number of hydrogen-bond donors (Lipinski definition) is 2. The van der Waals surface area contributed by atoms with Gasteiger partial charge in [0.25, 0.3) is 0 Å². The summed E-state index contributed by atoms with van der Waals surface area (Å²) in [5, 5.41) is 9.94. The molecule has 0 spiro atoms. The summed E-state index contributed by atoms with van der Waals surface area (Å²) in [7, 11) is 4.13. The number of hydrogen-bond acceptors (Lipinski definition) is 4. The number of nitrogens with zero attached hydrogens (tertiary/aromatic N) is 3. The van der Waals surface area contributed by atoms with E-state index in [9.17, 15) is 0 Å². The van der Waals surface area contributed by atoms with E-state index in [0.29, 0.717) is 12.5 Å². The van der Waals surface area contributed by atoms with Crippen LogP contribution in [0, 0.1) is 0 Å². The monoisotopic (exact) mass is 387 g/mol. The summed E-state index contributed by atoms with van der Waals surface area (Å²) in [6.45, 7) is 8.80. The molecule has 0 aliphatic carbocycles. The van der Waals surface area contributed by atoms with E-state index in [4.69, 9.17) is 0 Å². The van der Waals surface area contributed by atoms with Crippen molar-refractivity contribution in [3.05, 3.63) is 45.9 Å². The number of nitrogens with one attached hydrogen (secondary N) is 2. The maximum atomic E-state index is 4.67. The van der Waals surface area contributed by atoms with E-state index in [-0.39, 0.29) is 0 Å². The van der Waals surface area contributed by atoms with Crippen LogP contribution in [0.5, 0.6) is 0 Å². The summed E-state index contributed by atoms with van der Waals surface area (Å²) in [5.41, 5.74) is 3.76. The van der Waals surface area contributed by atoms with Gasteiger partial charge in [0.05, 0.1) is 12.2 Å². The van der Waals surface area contributed by atoms with Crippen molar-refractivity contribution in [1.82, 2.24) is 15.6 Å². The summed E-state index contributed by atoms with van der Waals surface area (Å²) in [6, 6.07) is 8.77. The van der Waals surface area contributed by atoms with Crippen LogP contribution in [-0.4, -0.2) is 38.1 Å². The number of thiazole rings is 1. The normalized spacial score (nSPS) is 11.7. The molecule has 0 aliphatic heterocycles. The fraction of sp³-hybridized carbons (Fsp3) is 0.524. The Balaban J connectivity index is 1.79. The smallest absolute Gasteiger partial charge is 0.191 e. The van der Waals surface area contributed by atoms with Gasteiger partial charge in [0.1, 0.15) is 5.01 Å². The fourth-order valence-corrected chi connectivity index (χ4v) is 3.49. The minimum atomic E-state index is 0.470. The predicted molar refractivity (Wildman–Crippen MR) is 118 cm³/mol. The number of aliphatic imine (C=N–C) groups is 1. The van der Waals surface area contributed by atoms with Gasteiger partial charge in [-0.3, -0.25) is 0 Å². The summed E-state index contributed by atoms with van der Waals surface area (Å²) in [5.74, 6) is 1.33. The molecule has 148 valence electrons. The minimum absolute atomic E-state index is 0.470. The van der Waals surface area contributed by atoms with Gasteiger partial charge in [0.2, 0.25) is 0 Å². The summed E-state index contributed by atoms with van der Waals surface area (Å²) >= 11 is 1.69. The fourth-order valence-electron chi connectivity index (χ4n) is 2.61. The largest absolute Gasteiger partial charge is 0.378 e.